The third kappa shape index (κ3) is 2.33. The van der Waals surface area contributed by atoms with E-state index in [1.807, 2.05) is 12.2 Å². The summed E-state index contributed by atoms with van der Waals surface area (Å²) in [5.74, 6) is 1.09. The Labute approximate surface area is 115 Å². The Bertz CT molecular complexity index is 540. The molecule has 3 unspecified atom stereocenters. The van der Waals surface area contributed by atoms with E-state index in [-0.39, 0.29) is 18.3 Å². The lowest BCUT2D eigenvalue weighted by Crippen LogP contribution is -2.26. The fourth-order valence-corrected chi connectivity index (χ4v) is 2.52. The molecule has 1 fully saturated rings. The van der Waals surface area contributed by atoms with E-state index in [9.17, 15) is 4.79 Å². The molecular formula is C14H13ClO4. The van der Waals surface area contributed by atoms with Gasteiger partial charge in [0.25, 0.3) is 5.24 Å². The maximum Gasteiger partial charge on any atom is 0.252 e. The summed E-state index contributed by atoms with van der Waals surface area (Å²) in [6.07, 6.45) is 4.92. The summed E-state index contributed by atoms with van der Waals surface area (Å²) >= 11 is 5.48. The molecule has 5 heteroatoms. The largest absolute Gasteiger partial charge is 0.493 e. The van der Waals surface area contributed by atoms with E-state index in [1.165, 1.54) is 0 Å². The van der Waals surface area contributed by atoms with Gasteiger partial charge in [-0.1, -0.05) is 12.2 Å². The van der Waals surface area contributed by atoms with Crippen LogP contribution in [0.2, 0.25) is 0 Å². The van der Waals surface area contributed by atoms with Gasteiger partial charge in [-0.2, -0.15) is 0 Å². The van der Waals surface area contributed by atoms with Gasteiger partial charge in [0.15, 0.2) is 11.5 Å². The first-order chi connectivity index (χ1) is 9.17. The molecule has 2 aliphatic rings. The average molecular weight is 281 g/mol. The number of fused-ring (bicyclic) bond motifs is 2. The van der Waals surface area contributed by atoms with Crippen molar-refractivity contribution in [1.82, 2.24) is 0 Å². The summed E-state index contributed by atoms with van der Waals surface area (Å²) in [6, 6.07) is 4.89. The number of methoxy groups -OCH3 is 1. The van der Waals surface area contributed by atoms with E-state index in [0.29, 0.717) is 17.1 Å². The van der Waals surface area contributed by atoms with Gasteiger partial charge in [0.1, 0.15) is 12.2 Å². The van der Waals surface area contributed by atoms with E-state index < -0.39 is 5.24 Å². The van der Waals surface area contributed by atoms with Gasteiger partial charge in [0, 0.05) is 12.0 Å². The van der Waals surface area contributed by atoms with Crippen molar-refractivity contribution in [1.29, 1.82) is 0 Å². The van der Waals surface area contributed by atoms with Crippen LogP contribution in [0.4, 0.5) is 0 Å². The zero-order valence-electron chi connectivity index (χ0n) is 10.3. The summed E-state index contributed by atoms with van der Waals surface area (Å²) in [7, 11) is 1.56. The number of benzene rings is 1. The zero-order valence-corrected chi connectivity index (χ0v) is 11.1. The molecule has 1 saturated heterocycles. The number of hydrogen-bond acceptors (Lipinski definition) is 4. The fourth-order valence-electron chi connectivity index (χ4n) is 2.40. The standard InChI is InChI=1S/C14H13ClO4/c1-17-10-4-2-8(14(15)16)6-12(10)19-13-7-9-3-5-11(13)18-9/h2-6,9,11,13H,7H2,1H3. The lowest BCUT2D eigenvalue weighted by molar-refractivity contribution is 0.0788. The van der Waals surface area contributed by atoms with Crippen molar-refractivity contribution < 1.29 is 19.0 Å². The monoisotopic (exact) mass is 280 g/mol. The Morgan fingerprint density at radius 1 is 1.37 bits per heavy atom. The molecule has 1 aromatic carbocycles. The predicted molar refractivity (Wildman–Crippen MR) is 70.0 cm³/mol. The second-order valence-corrected chi connectivity index (χ2v) is 4.90. The molecule has 3 atom stereocenters. The van der Waals surface area contributed by atoms with Gasteiger partial charge in [0.2, 0.25) is 0 Å². The molecule has 0 radical (unpaired) electrons. The molecule has 1 aromatic rings. The Morgan fingerprint density at radius 2 is 2.21 bits per heavy atom. The average Bonchev–Trinajstić information content (AvgIpc) is 3.01. The lowest BCUT2D eigenvalue weighted by Gasteiger charge is -2.19. The number of hydrogen-bond donors (Lipinski definition) is 0. The van der Waals surface area contributed by atoms with Crippen LogP contribution in [0.25, 0.3) is 0 Å². The van der Waals surface area contributed by atoms with Crippen LogP contribution < -0.4 is 9.47 Å². The molecule has 2 bridgehead atoms. The summed E-state index contributed by atoms with van der Waals surface area (Å²) in [5.41, 5.74) is 0.386. The molecule has 0 aliphatic carbocycles. The van der Waals surface area contributed by atoms with E-state index in [2.05, 4.69) is 0 Å². The highest BCUT2D eigenvalue weighted by Crippen LogP contribution is 2.35. The Kier molecular flexibility index (Phi) is 3.21. The molecule has 0 aromatic heterocycles. The molecule has 0 N–H and O–H groups in total. The fraction of sp³-hybridized carbons (Fsp3) is 0.357. The molecule has 4 nitrogen and oxygen atoms in total. The topological polar surface area (TPSA) is 44.8 Å². The summed E-state index contributed by atoms with van der Waals surface area (Å²) < 4.78 is 16.8. The van der Waals surface area contributed by atoms with E-state index in [4.69, 9.17) is 25.8 Å². The third-order valence-corrected chi connectivity index (χ3v) is 3.57. The van der Waals surface area contributed by atoms with Gasteiger partial charge in [-0.05, 0) is 29.8 Å². The molecule has 3 rings (SSSR count). The summed E-state index contributed by atoms with van der Waals surface area (Å²) in [5, 5.41) is -0.517. The third-order valence-electron chi connectivity index (χ3n) is 3.35. The molecule has 0 spiro atoms. The quantitative estimate of drug-likeness (QED) is 0.628. The molecule has 0 amide bonds. The second kappa shape index (κ2) is 4.87. The highest BCUT2D eigenvalue weighted by molar-refractivity contribution is 6.67. The Morgan fingerprint density at radius 3 is 2.79 bits per heavy atom. The maximum absolute atomic E-state index is 11.2. The van der Waals surface area contributed by atoms with Crippen molar-refractivity contribution >= 4 is 16.8 Å². The van der Waals surface area contributed by atoms with E-state index in [0.717, 1.165) is 6.42 Å². The van der Waals surface area contributed by atoms with Crippen molar-refractivity contribution in [2.45, 2.75) is 24.7 Å². The Hall–Kier alpha value is -1.52. The molecule has 19 heavy (non-hydrogen) atoms. The maximum atomic E-state index is 11.2. The smallest absolute Gasteiger partial charge is 0.252 e. The van der Waals surface area contributed by atoms with E-state index in [1.54, 1.807) is 25.3 Å². The highest BCUT2D eigenvalue weighted by Gasteiger charge is 2.38. The first-order valence-corrected chi connectivity index (χ1v) is 6.43. The minimum absolute atomic E-state index is 0.0231. The first-order valence-electron chi connectivity index (χ1n) is 6.05. The minimum Gasteiger partial charge on any atom is -0.493 e. The SMILES string of the molecule is COc1ccc(C(=O)Cl)cc1OC1CC2C=CC1O2. The Balaban J connectivity index is 1.84. The zero-order chi connectivity index (χ0) is 13.4. The van der Waals surface area contributed by atoms with Gasteiger partial charge in [-0.3, -0.25) is 4.79 Å². The lowest BCUT2D eigenvalue weighted by atomic mass is 10.0. The van der Waals surface area contributed by atoms with Crippen LogP contribution in [-0.4, -0.2) is 30.7 Å². The number of carbonyl (C=O) groups excluding carboxylic acids is 1. The normalized spacial score (nSPS) is 27.6. The second-order valence-electron chi connectivity index (χ2n) is 4.56. The molecule has 100 valence electrons. The number of rotatable bonds is 4. The number of ether oxygens (including phenoxy) is 3. The van der Waals surface area contributed by atoms with Crippen molar-refractivity contribution in [2.24, 2.45) is 0 Å². The summed E-state index contributed by atoms with van der Waals surface area (Å²) in [4.78, 5) is 11.2. The van der Waals surface area contributed by atoms with Gasteiger partial charge in [-0.15, -0.1) is 0 Å². The van der Waals surface area contributed by atoms with Gasteiger partial charge < -0.3 is 14.2 Å². The van der Waals surface area contributed by atoms with Crippen LogP contribution in [0.5, 0.6) is 11.5 Å². The van der Waals surface area contributed by atoms with Gasteiger partial charge in [-0.25, -0.2) is 0 Å². The van der Waals surface area contributed by atoms with Crippen LogP contribution in [0.1, 0.15) is 16.8 Å². The predicted octanol–water partition coefficient (Wildman–Crippen LogP) is 2.55. The van der Waals surface area contributed by atoms with Crippen molar-refractivity contribution in [3.05, 3.63) is 35.9 Å². The van der Waals surface area contributed by atoms with Crippen molar-refractivity contribution in [3.63, 3.8) is 0 Å². The van der Waals surface area contributed by atoms with Crippen LogP contribution >= 0.6 is 11.6 Å². The molecule has 0 saturated carbocycles. The number of halogens is 1. The van der Waals surface area contributed by atoms with Crippen LogP contribution in [0.3, 0.4) is 0 Å². The molecular weight excluding hydrogens is 268 g/mol. The number of carbonyl (C=O) groups is 1. The van der Waals surface area contributed by atoms with Crippen LogP contribution in [0, 0.1) is 0 Å². The minimum atomic E-state index is -0.517. The van der Waals surface area contributed by atoms with E-state index >= 15 is 0 Å². The molecule has 2 heterocycles. The van der Waals surface area contributed by atoms with Crippen molar-refractivity contribution in [3.8, 4) is 11.5 Å². The van der Waals surface area contributed by atoms with Gasteiger partial charge >= 0.3 is 0 Å². The highest BCUT2D eigenvalue weighted by atomic mass is 35.5. The first kappa shape index (κ1) is 12.5. The van der Waals surface area contributed by atoms with Crippen LogP contribution in [-0.2, 0) is 4.74 Å². The van der Waals surface area contributed by atoms with Crippen LogP contribution in [0.15, 0.2) is 30.4 Å². The summed E-state index contributed by atoms with van der Waals surface area (Å²) in [6.45, 7) is 0. The van der Waals surface area contributed by atoms with Gasteiger partial charge in [0.05, 0.1) is 13.2 Å². The molecule has 2 aliphatic heterocycles. The van der Waals surface area contributed by atoms with Crippen molar-refractivity contribution in [2.75, 3.05) is 7.11 Å².